The number of furan rings is 2. The topological polar surface area (TPSA) is 38.3 Å². The van der Waals surface area contributed by atoms with Crippen LogP contribution in [0.2, 0.25) is 0 Å². The molecule has 0 aliphatic heterocycles. The Labute approximate surface area is 99.2 Å². The lowest BCUT2D eigenvalue weighted by Gasteiger charge is -2.02. The molecule has 0 aliphatic rings. The SMILES string of the molecule is Cc1occc1SCCNCc1ccoc1. The number of aryl methyl sites for hydroxylation is 1. The third-order valence-electron chi connectivity index (χ3n) is 2.26. The average molecular weight is 237 g/mol. The fourth-order valence-corrected chi connectivity index (χ4v) is 2.25. The third-order valence-corrected chi connectivity index (χ3v) is 3.40. The first-order valence-corrected chi connectivity index (χ1v) is 6.23. The Morgan fingerprint density at radius 3 is 2.94 bits per heavy atom. The predicted molar refractivity (Wildman–Crippen MR) is 64.6 cm³/mol. The fraction of sp³-hybridized carbons (Fsp3) is 0.333. The van der Waals surface area contributed by atoms with Gasteiger partial charge in [0.1, 0.15) is 5.76 Å². The van der Waals surface area contributed by atoms with Gasteiger partial charge in [0.2, 0.25) is 0 Å². The van der Waals surface area contributed by atoms with Crippen LogP contribution in [0, 0.1) is 6.92 Å². The maximum atomic E-state index is 5.23. The molecule has 0 spiro atoms. The van der Waals surface area contributed by atoms with Crippen LogP contribution in [0.5, 0.6) is 0 Å². The smallest absolute Gasteiger partial charge is 0.114 e. The molecule has 0 aliphatic carbocycles. The molecular weight excluding hydrogens is 222 g/mol. The minimum atomic E-state index is 0.863. The fourth-order valence-electron chi connectivity index (χ4n) is 1.38. The summed E-state index contributed by atoms with van der Waals surface area (Å²) in [5.74, 6) is 2.04. The lowest BCUT2D eigenvalue weighted by atomic mass is 10.3. The maximum Gasteiger partial charge on any atom is 0.114 e. The van der Waals surface area contributed by atoms with Crippen molar-refractivity contribution in [2.75, 3.05) is 12.3 Å². The quantitative estimate of drug-likeness (QED) is 0.619. The Morgan fingerprint density at radius 1 is 1.31 bits per heavy atom. The number of rotatable bonds is 6. The van der Waals surface area contributed by atoms with Crippen molar-refractivity contribution in [1.29, 1.82) is 0 Å². The molecule has 0 fully saturated rings. The van der Waals surface area contributed by atoms with Gasteiger partial charge in [0.15, 0.2) is 0 Å². The Morgan fingerprint density at radius 2 is 2.25 bits per heavy atom. The van der Waals surface area contributed by atoms with Gasteiger partial charge in [-0.05, 0) is 19.1 Å². The summed E-state index contributed by atoms with van der Waals surface area (Å²) in [5.41, 5.74) is 1.18. The summed E-state index contributed by atoms with van der Waals surface area (Å²) in [6.07, 6.45) is 5.19. The second-order valence-electron chi connectivity index (χ2n) is 3.50. The minimum Gasteiger partial charge on any atom is -0.472 e. The second kappa shape index (κ2) is 5.82. The van der Waals surface area contributed by atoms with Gasteiger partial charge in [-0.3, -0.25) is 0 Å². The van der Waals surface area contributed by atoms with Gasteiger partial charge in [0.25, 0.3) is 0 Å². The lowest BCUT2D eigenvalue weighted by molar-refractivity contribution is 0.527. The summed E-state index contributed by atoms with van der Waals surface area (Å²) in [5, 5.41) is 3.36. The standard InChI is InChI=1S/C12H15NO2S/c1-10-12(3-6-15-10)16-7-4-13-8-11-2-5-14-9-11/h2-3,5-6,9,13H,4,7-8H2,1H3. The molecule has 0 unspecified atom stereocenters. The molecule has 2 aromatic heterocycles. The number of nitrogens with one attached hydrogen (secondary N) is 1. The van der Waals surface area contributed by atoms with E-state index in [-0.39, 0.29) is 0 Å². The number of hydrogen-bond donors (Lipinski definition) is 1. The van der Waals surface area contributed by atoms with Crippen molar-refractivity contribution in [3.05, 3.63) is 42.2 Å². The summed E-state index contributed by atoms with van der Waals surface area (Å²) < 4.78 is 10.2. The Kier molecular flexibility index (Phi) is 4.13. The highest BCUT2D eigenvalue weighted by Crippen LogP contribution is 2.22. The van der Waals surface area contributed by atoms with E-state index in [4.69, 9.17) is 8.83 Å². The molecule has 0 radical (unpaired) electrons. The van der Waals surface area contributed by atoms with E-state index < -0.39 is 0 Å². The molecule has 3 nitrogen and oxygen atoms in total. The first-order chi connectivity index (χ1) is 7.86. The van der Waals surface area contributed by atoms with Crippen molar-refractivity contribution in [2.45, 2.75) is 18.4 Å². The van der Waals surface area contributed by atoms with E-state index in [1.807, 2.05) is 30.8 Å². The molecule has 86 valence electrons. The lowest BCUT2D eigenvalue weighted by Crippen LogP contribution is -2.15. The van der Waals surface area contributed by atoms with Crippen LogP contribution in [0.15, 0.2) is 44.7 Å². The van der Waals surface area contributed by atoms with Gasteiger partial charge in [0, 0.05) is 29.3 Å². The zero-order chi connectivity index (χ0) is 11.2. The Hall–Kier alpha value is -1.13. The van der Waals surface area contributed by atoms with Crippen LogP contribution in [0.25, 0.3) is 0 Å². The Balaban J connectivity index is 1.61. The molecule has 4 heteroatoms. The van der Waals surface area contributed by atoms with E-state index in [9.17, 15) is 0 Å². The van der Waals surface area contributed by atoms with Crippen LogP contribution in [0.4, 0.5) is 0 Å². The average Bonchev–Trinajstić information content (AvgIpc) is 2.90. The van der Waals surface area contributed by atoms with Crippen molar-refractivity contribution in [1.82, 2.24) is 5.32 Å². The Bertz CT molecular complexity index is 408. The molecule has 0 saturated carbocycles. The highest BCUT2D eigenvalue weighted by atomic mass is 32.2. The molecule has 2 aromatic rings. The van der Waals surface area contributed by atoms with Crippen LogP contribution in [-0.4, -0.2) is 12.3 Å². The van der Waals surface area contributed by atoms with E-state index in [2.05, 4.69) is 5.32 Å². The van der Waals surface area contributed by atoms with Gasteiger partial charge in [-0.15, -0.1) is 11.8 Å². The van der Waals surface area contributed by atoms with E-state index in [0.29, 0.717) is 0 Å². The molecule has 16 heavy (non-hydrogen) atoms. The normalized spacial score (nSPS) is 10.8. The van der Waals surface area contributed by atoms with Crippen LogP contribution in [0.1, 0.15) is 11.3 Å². The van der Waals surface area contributed by atoms with Gasteiger partial charge in [-0.2, -0.15) is 0 Å². The molecular formula is C12H15NO2S. The molecule has 0 atom stereocenters. The second-order valence-corrected chi connectivity index (χ2v) is 4.63. The van der Waals surface area contributed by atoms with E-state index >= 15 is 0 Å². The minimum absolute atomic E-state index is 0.863. The van der Waals surface area contributed by atoms with Gasteiger partial charge in [-0.1, -0.05) is 0 Å². The maximum absolute atomic E-state index is 5.23. The molecule has 2 rings (SSSR count). The molecule has 2 heterocycles. The highest BCUT2D eigenvalue weighted by Gasteiger charge is 2.00. The van der Waals surface area contributed by atoms with Crippen LogP contribution in [0.3, 0.4) is 0 Å². The van der Waals surface area contributed by atoms with E-state index in [1.165, 1.54) is 10.5 Å². The van der Waals surface area contributed by atoms with Gasteiger partial charge in [0.05, 0.1) is 18.8 Å². The van der Waals surface area contributed by atoms with Crippen molar-refractivity contribution < 1.29 is 8.83 Å². The summed E-state index contributed by atoms with van der Waals surface area (Å²) >= 11 is 1.81. The predicted octanol–water partition coefficient (Wildman–Crippen LogP) is 3.06. The summed E-state index contributed by atoms with van der Waals surface area (Å²) in [6.45, 7) is 3.82. The van der Waals surface area contributed by atoms with Crippen molar-refractivity contribution in [3.63, 3.8) is 0 Å². The molecule has 0 saturated heterocycles. The van der Waals surface area contributed by atoms with Crippen LogP contribution in [-0.2, 0) is 6.54 Å². The summed E-state index contributed by atoms with van der Waals surface area (Å²) in [6, 6.07) is 3.98. The first kappa shape index (κ1) is 11.4. The molecule has 0 amide bonds. The van der Waals surface area contributed by atoms with Crippen molar-refractivity contribution in [3.8, 4) is 0 Å². The number of thioether (sulfide) groups is 1. The van der Waals surface area contributed by atoms with Gasteiger partial charge >= 0.3 is 0 Å². The van der Waals surface area contributed by atoms with Gasteiger partial charge in [-0.25, -0.2) is 0 Å². The van der Waals surface area contributed by atoms with Crippen molar-refractivity contribution in [2.24, 2.45) is 0 Å². The van der Waals surface area contributed by atoms with E-state index in [1.54, 1.807) is 18.8 Å². The molecule has 0 bridgehead atoms. The van der Waals surface area contributed by atoms with Crippen molar-refractivity contribution >= 4 is 11.8 Å². The van der Waals surface area contributed by atoms with Gasteiger partial charge < -0.3 is 14.2 Å². The van der Waals surface area contributed by atoms with Crippen LogP contribution < -0.4 is 5.32 Å². The zero-order valence-electron chi connectivity index (χ0n) is 9.23. The van der Waals surface area contributed by atoms with Crippen LogP contribution >= 0.6 is 11.8 Å². The summed E-state index contributed by atoms with van der Waals surface area (Å²) in [4.78, 5) is 1.23. The number of hydrogen-bond acceptors (Lipinski definition) is 4. The third kappa shape index (κ3) is 3.18. The highest BCUT2D eigenvalue weighted by molar-refractivity contribution is 7.99. The zero-order valence-corrected chi connectivity index (χ0v) is 10.0. The molecule has 1 N–H and O–H groups in total. The first-order valence-electron chi connectivity index (χ1n) is 5.25. The largest absolute Gasteiger partial charge is 0.472 e. The monoisotopic (exact) mass is 237 g/mol. The summed E-state index contributed by atoms with van der Waals surface area (Å²) in [7, 11) is 0. The molecule has 0 aromatic carbocycles. The van der Waals surface area contributed by atoms with E-state index in [0.717, 1.165) is 24.6 Å².